The number of β-amino-alcohol motifs (C(OH)–C–C–N with tert-alkyl or cyclic N) is 1. The van der Waals surface area contributed by atoms with Crippen molar-refractivity contribution >= 4 is 5.95 Å². The number of piperidine rings is 1. The number of aromatic nitrogens is 2. The molecule has 1 saturated heterocycles. The van der Waals surface area contributed by atoms with Crippen LogP contribution in [-0.2, 0) is 0 Å². The van der Waals surface area contributed by atoms with Crippen LogP contribution >= 0.6 is 0 Å². The third-order valence-corrected chi connectivity index (χ3v) is 2.44. The molecule has 1 atom stereocenters. The van der Waals surface area contributed by atoms with Gasteiger partial charge >= 0.3 is 0 Å². The zero-order valence-electron chi connectivity index (χ0n) is 8.30. The maximum absolute atomic E-state index is 9.51. The van der Waals surface area contributed by atoms with E-state index in [1.165, 1.54) is 0 Å². The molecule has 1 aliphatic rings. The fourth-order valence-corrected chi connectivity index (χ4v) is 1.70. The molecule has 0 saturated carbocycles. The van der Waals surface area contributed by atoms with Crippen LogP contribution in [0.15, 0.2) is 12.3 Å². The average Bonchev–Trinajstić information content (AvgIpc) is 2.29. The third-order valence-electron chi connectivity index (χ3n) is 2.44. The number of nitriles is 1. The highest BCUT2D eigenvalue weighted by Gasteiger charge is 2.19. The number of hydrogen-bond acceptors (Lipinski definition) is 5. The van der Waals surface area contributed by atoms with Crippen molar-refractivity contribution in [2.75, 3.05) is 18.0 Å². The minimum atomic E-state index is -0.312. The molecule has 5 heteroatoms. The summed E-state index contributed by atoms with van der Waals surface area (Å²) in [6.07, 6.45) is 3.02. The van der Waals surface area contributed by atoms with Crippen LogP contribution in [-0.4, -0.2) is 34.3 Å². The van der Waals surface area contributed by atoms with Crippen LogP contribution in [0.1, 0.15) is 18.5 Å². The van der Waals surface area contributed by atoms with Gasteiger partial charge in [0.05, 0.1) is 6.10 Å². The number of aliphatic hydroxyl groups excluding tert-OH is 1. The van der Waals surface area contributed by atoms with Crippen molar-refractivity contribution in [3.05, 3.63) is 18.0 Å². The summed E-state index contributed by atoms with van der Waals surface area (Å²) >= 11 is 0. The minimum Gasteiger partial charge on any atom is -0.391 e. The summed E-state index contributed by atoms with van der Waals surface area (Å²) < 4.78 is 0. The first-order valence-corrected chi connectivity index (χ1v) is 4.96. The highest BCUT2D eigenvalue weighted by Crippen LogP contribution is 2.15. The Morgan fingerprint density at radius 3 is 3.20 bits per heavy atom. The second kappa shape index (κ2) is 4.24. The number of anilines is 1. The molecule has 1 aliphatic heterocycles. The van der Waals surface area contributed by atoms with E-state index in [4.69, 9.17) is 5.26 Å². The van der Waals surface area contributed by atoms with Gasteiger partial charge in [-0.2, -0.15) is 5.26 Å². The maximum atomic E-state index is 9.51. The fraction of sp³-hybridized carbons (Fsp3) is 0.500. The van der Waals surface area contributed by atoms with Crippen LogP contribution in [0, 0.1) is 11.3 Å². The first-order chi connectivity index (χ1) is 7.29. The van der Waals surface area contributed by atoms with Crippen LogP contribution in [0.25, 0.3) is 0 Å². The van der Waals surface area contributed by atoms with Crippen LogP contribution in [0.2, 0.25) is 0 Å². The first kappa shape index (κ1) is 9.87. The molecule has 15 heavy (non-hydrogen) atoms. The minimum absolute atomic E-state index is 0.312. The monoisotopic (exact) mass is 204 g/mol. The van der Waals surface area contributed by atoms with Crippen molar-refractivity contribution in [2.24, 2.45) is 0 Å². The van der Waals surface area contributed by atoms with Crippen molar-refractivity contribution in [2.45, 2.75) is 18.9 Å². The zero-order valence-corrected chi connectivity index (χ0v) is 8.30. The van der Waals surface area contributed by atoms with Crippen molar-refractivity contribution in [1.29, 1.82) is 5.26 Å². The van der Waals surface area contributed by atoms with E-state index in [0.29, 0.717) is 18.2 Å². The summed E-state index contributed by atoms with van der Waals surface area (Å²) in [5, 5.41) is 18.2. The van der Waals surface area contributed by atoms with Crippen molar-refractivity contribution in [1.82, 2.24) is 9.97 Å². The number of nitrogens with zero attached hydrogens (tertiary/aromatic N) is 4. The Morgan fingerprint density at radius 2 is 2.47 bits per heavy atom. The van der Waals surface area contributed by atoms with E-state index >= 15 is 0 Å². The Hall–Kier alpha value is -1.67. The van der Waals surface area contributed by atoms with E-state index in [1.807, 2.05) is 11.0 Å². The van der Waals surface area contributed by atoms with Gasteiger partial charge in [-0.1, -0.05) is 0 Å². The van der Waals surface area contributed by atoms with E-state index < -0.39 is 0 Å². The largest absolute Gasteiger partial charge is 0.391 e. The Bertz CT molecular complexity index is 387. The van der Waals surface area contributed by atoms with Crippen molar-refractivity contribution < 1.29 is 5.11 Å². The molecule has 2 rings (SSSR count). The Balaban J connectivity index is 2.18. The molecule has 0 amide bonds. The lowest BCUT2D eigenvalue weighted by atomic mass is 10.1. The summed E-state index contributed by atoms with van der Waals surface area (Å²) in [6, 6.07) is 3.55. The smallest absolute Gasteiger partial charge is 0.226 e. The van der Waals surface area contributed by atoms with Gasteiger partial charge in [-0.15, -0.1) is 0 Å². The number of hydrogen-bond donors (Lipinski definition) is 1. The lowest BCUT2D eigenvalue weighted by molar-refractivity contribution is 0.153. The normalized spacial score (nSPS) is 21.1. The average molecular weight is 204 g/mol. The highest BCUT2D eigenvalue weighted by molar-refractivity contribution is 5.34. The van der Waals surface area contributed by atoms with Gasteiger partial charge in [0.25, 0.3) is 0 Å². The van der Waals surface area contributed by atoms with E-state index in [1.54, 1.807) is 12.3 Å². The SMILES string of the molecule is N#Cc1ccnc(N2CCCC(O)C2)n1. The molecular weight excluding hydrogens is 192 g/mol. The summed E-state index contributed by atoms with van der Waals surface area (Å²) in [4.78, 5) is 10.1. The van der Waals surface area contributed by atoms with Gasteiger partial charge in [-0.3, -0.25) is 0 Å². The lowest BCUT2D eigenvalue weighted by Gasteiger charge is -2.29. The van der Waals surface area contributed by atoms with Gasteiger partial charge in [0, 0.05) is 19.3 Å². The van der Waals surface area contributed by atoms with Gasteiger partial charge in [0.2, 0.25) is 5.95 Å². The van der Waals surface area contributed by atoms with E-state index in [9.17, 15) is 5.11 Å². The highest BCUT2D eigenvalue weighted by atomic mass is 16.3. The van der Waals surface area contributed by atoms with Crippen LogP contribution < -0.4 is 4.90 Å². The lowest BCUT2D eigenvalue weighted by Crippen LogP contribution is -2.39. The molecular formula is C10H12N4O. The number of aliphatic hydroxyl groups is 1. The Labute approximate surface area is 88.0 Å². The van der Waals surface area contributed by atoms with Gasteiger partial charge in [0.1, 0.15) is 11.8 Å². The predicted molar refractivity (Wildman–Crippen MR) is 54.2 cm³/mol. The molecule has 0 bridgehead atoms. The van der Waals surface area contributed by atoms with Gasteiger partial charge in [-0.05, 0) is 18.9 Å². The molecule has 2 heterocycles. The summed E-state index contributed by atoms with van der Waals surface area (Å²) in [5.41, 5.74) is 0.361. The molecule has 1 aromatic rings. The second-order valence-corrected chi connectivity index (χ2v) is 3.60. The van der Waals surface area contributed by atoms with E-state index in [2.05, 4.69) is 9.97 Å². The molecule has 0 aromatic carbocycles. The summed E-state index contributed by atoms with van der Waals surface area (Å²) in [5.74, 6) is 0.535. The molecule has 0 spiro atoms. The summed E-state index contributed by atoms with van der Waals surface area (Å²) in [6.45, 7) is 1.39. The summed E-state index contributed by atoms with van der Waals surface area (Å²) in [7, 11) is 0. The molecule has 1 unspecified atom stereocenters. The molecule has 0 aliphatic carbocycles. The second-order valence-electron chi connectivity index (χ2n) is 3.60. The Kier molecular flexibility index (Phi) is 2.79. The molecule has 0 radical (unpaired) electrons. The fourth-order valence-electron chi connectivity index (χ4n) is 1.70. The maximum Gasteiger partial charge on any atom is 0.226 e. The standard InChI is InChI=1S/C10H12N4O/c11-6-8-3-4-12-10(13-8)14-5-1-2-9(15)7-14/h3-4,9,15H,1-2,5,7H2. The molecule has 78 valence electrons. The molecule has 5 nitrogen and oxygen atoms in total. The molecule has 1 fully saturated rings. The van der Waals surface area contributed by atoms with Crippen LogP contribution in [0.3, 0.4) is 0 Å². The zero-order chi connectivity index (χ0) is 10.7. The van der Waals surface area contributed by atoms with Crippen LogP contribution in [0.4, 0.5) is 5.95 Å². The molecule has 1 aromatic heterocycles. The topological polar surface area (TPSA) is 73.0 Å². The Morgan fingerprint density at radius 1 is 1.60 bits per heavy atom. The van der Waals surface area contributed by atoms with E-state index in [0.717, 1.165) is 19.4 Å². The van der Waals surface area contributed by atoms with Crippen LogP contribution in [0.5, 0.6) is 0 Å². The van der Waals surface area contributed by atoms with Gasteiger partial charge in [0.15, 0.2) is 0 Å². The quantitative estimate of drug-likeness (QED) is 0.712. The van der Waals surface area contributed by atoms with Gasteiger partial charge < -0.3 is 10.0 Å². The first-order valence-electron chi connectivity index (χ1n) is 4.96. The number of rotatable bonds is 1. The van der Waals surface area contributed by atoms with Crippen molar-refractivity contribution in [3.63, 3.8) is 0 Å². The predicted octanol–water partition coefficient (Wildman–Crippen LogP) is 0.309. The molecule has 1 N–H and O–H groups in total. The van der Waals surface area contributed by atoms with Gasteiger partial charge in [-0.25, -0.2) is 9.97 Å². The van der Waals surface area contributed by atoms with E-state index in [-0.39, 0.29) is 6.10 Å². The van der Waals surface area contributed by atoms with Crippen molar-refractivity contribution in [3.8, 4) is 6.07 Å². The third kappa shape index (κ3) is 2.22.